The number of hydrogen-bond acceptors (Lipinski definition) is 2. The number of guanidine groups is 1. The van der Waals surface area contributed by atoms with Gasteiger partial charge in [0, 0.05) is 19.1 Å². The second-order valence-corrected chi connectivity index (χ2v) is 4.64. The van der Waals surface area contributed by atoms with E-state index in [0.717, 1.165) is 5.57 Å². The number of hydrogen-bond donors (Lipinski definition) is 2. The minimum atomic E-state index is -4.14. The molecule has 18 heavy (non-hydrogen) atoms. The van der Waals surface area contributed by atoms with Crippen LogP contribution in [-0.4, -0.2) is 49.3 Å². The van der Waals surface area contributed by atoms with E-state index < -0.39 is 12.7 Å². The van der Waals surface area contributed by atoms with Crippen LogP contribution in [0.5, 0.6) is 0 Å². The van der Waals surface area contributed by atoms with Crippen LogP contribution in [0.15, 0.2) is 17.1 Å². The van der Waals surface area contributed by atoms with Gasteiger partial charge in [0.1, 0.15) is 0 Å². The third kappa shape index (κ3) is 5.90. The van der Waals surface area contributed by atoms with Crippen LogP contribution in [0.4, 0.5) is 13.2 Å². The van der Waals surface area contributed by atoms with Gasteiger partial charge in [-0.05, 0) is 13.3 Å². The van der Waals surface area contributed by atoms with Crippen molar-refractivity contribution >= 4 is 5.96 Å². The van der Waals surface area contributed by atoms with E-state index >= 15 is 0 Å². The zero-order valence-corrected chi connectivity index (χ0v) is 10.4. The zero-order valence-electron chi connectivity index (χ0n) is 10.4. The quantitative estimate of drug-likeness (QED) is 0.454. The van der Waals surface area contributed by atoms with Crippen LogP contribution >= 0.6 is 0 Å². The van der Waals surface area contributed by atoms with E-state index in [4.69, 9.17) is 5.73 Å². The first kappa shape index (κ1) is 14.8. The Morgan fingerprint density at radius 3 is 2.78 bits per heavy atom. The minimum absolute atomic E-state index is 0.0683. The predicted molar refractivity (Wildman–Crippen MR) is 65.3 cm³/mol. The molecule has 0 aliphatic carbocycles. The van der Waals surface area contributed by atoms with Crippen molar-refractivity contribution in [1.82, 2.24) is 10.2 Å². The molecule has 0 aromatic rings. The smallest absolute Gasteiger partial charge is 0.370 e. The van der Waals surface area contributed by atoms with Gasteiger partial charge in [-0.3, -0.25) is 4.90 Å². The Morgan fingerprint density at radius 2 is 2.22 bits per heavy atom. The van der Waals surface area contributed by atoms with Gasteiger partial charge < -0.3 is 11.1 Å². The van der Waals surface area contributed by atoms with Crippen molar-refractivity contribution in [2.24, 2.45) is 10.7 Å². The summed E-state index contributed by atoms with van der Waals surface area (Å²) in [6, 6.07) is -0.0683. The average Bonchev–Trinajstić information content (AvgIpc) is 2.59. The van der Waals surface area contributed by atoms with Gasteiger partial charge in [0.25, 0.3) is 0 Å². The number of rotatable bonds is 4. The zero-order chi connectivity index (χ0) is 13.8. The van der Waals surface area contributed by atoms with E-state index in [1.54, 1.807) is 0 Å². The first-order chi connectivity index (χ1) is 8.26. The topological polar surface area (TPSA) is 53.6 Å². The van der Waals surface area contributed by atoms with Crippen LogP contribution in [0.3, 0.4) is 0 Å². The molecule has 1 fully saturated rings. The molecule has 3 N–H and O–H groups in total. The average molecular weight is 264 g/mol. The molecule has 0 aromatic carbocycles. The largest absolute Gasteiger partial charge is 0.401 e. The summed E-state index contributed by atoms with van der Waals surface area (Å²) >= 11 is 0. The molecule has 4 nitrogen and oxygen atoms in total. The third-order valence-electron chi connectivity index (χ3n) is 2.55. The lowest BCUT2D eigenvalue weighted by atomic mass is 10.3. The Hall–Kier alpha value is -1.24. The Kier molecular flexibility index (Phi) is 5.01. The standard InChI is InChI=1S/C11H19F3N4/c1-8(2)5-16-10(15)17-9-3-4-18(6-9)7-11(12,13)14/h9H,1,3-7H2,2H3,(H3,15,16,17). The van der Waals surface area contributed by atoms with Gasteiger partial charge in [0.15, 0.2) is 5.96 Å². The summed E-state index contributed by atoms with van der Waals surface area (Å²) in [6.45, 7) is 5.84. The molecule has 104 valence electrons. The summed E-state index contributed by atoms with van der Waals surface area (Å²) in [5.74, 6) is 0.261. The fourth-order valence-corrected chi connectivity index (χ4v) is 1.82. The Morgan fingerprint density at radius 1 is 1.56 bits per heavy atom. The predicted octanol–water partition coefficient (Wildman–Crippen LogP) is 1.10. The van der Waals surface area contributed by atoms with Crippen molar-refractivity contribution in [3.63, 3.8) is 0 Å². The maximum Gasteiger partial charge on any atom is 0.401 e. The van der Waals surface area contributed by atoms with Gasteiger partial charge in [-0.15, -0.1) is 0 Å². The number of alkyl halides is 3. The molecular formula is C11H19F3N4. The third-order valence-corrected chi connectivity index (χ3v) is 2.55. The number of aliphatic imine (C=N–C) groups is 1. The minimum Gasteiger partial charge on any atom is -0.370 e. The van der Waals surface area contributed by atoms with Crippen molar-refractivity contribution in [3.8, 4) is 0 Å². The second-order valence-electron chi connectivity index (χ2n) is 4.64. The summed E-state index contributed by atoms with van der Waals surface area (Å²) in [6.07, 6.45) is -3.51. The molecular weight excluding hydrogens is 245 g/mol. The highest BCUT2D eigenvalue weighted by Crippen LogP contribution is 2.19. The van der Waals surface area contributed by atoms with Crippen LogP contribution in [0.25, 0.3) is 0 Å². The Labute approximate surface area is 105 Å². The van der Waals surface area contributed by atoms with E-state index in [9.17, 15) is 13.2 Å². The lowest BCUT2D eigenvalue weighted by molar-refractivity contribution is -0.143. The molecule has 0 amide bonds. The van der Waals surface area contributed by atoms with Gasteiger partial charge in [-0.25, -0.2) is 4.99 Å². The Bertz CT molecular complexity index is 325. The number of halogens is 3. The van der Waals surface area contributed by atoms with Crippen molar-refractivity contribution in [3.05, 3.63) is 12.2 Å². The molecule has 1 atom stereocenters. The van der Waals surface area contributed by atoms with Crippen molar-refractivity contribution in [2.45, 2.75) is 25.6 Å². The van der Waals surface area contributed by atoms with Crippen LogP contribution in [0.2, 0.25) is 0 Å². The number of nitrogens with two attached hydrogens (primary N) is 1. The van der Waals surface area contributed by atoms with Crippen molar-refractivity contribution < 1.29 is 13.2 Å². The molecule has 0 saturated carbocycles. The van der Waals surface area contributed by atoms with E-state index in [0.29, 0.717) is 26.1 Å². The highest BCUT2D eigenvalue weighted by Gasteiger charge is 2.34. The molecule has 1 rings (SSSR count). The maximum atomic E-state index is 12.2. The fraction of sp³-hybridized carbons (Fsp3) is 0.727. The molecule has 0 spiro atoms. The molecule has 1 aliphatic rings. The van der Waals surface area contributed by atoms with Crippen LogP contribution in [0.1, 0.15) is 13.3 Å². The lowest BCUT2D eigenvalue weighted by Gasteiger charge is -2.18. The second kappa shape index (κ2) is 6.08. The van der Waals surface area contributed by atoms with Crippen LogP contribution in [0, 0.1) is 0 Å². The van der Waals surface area contributed by atoms with Crippen molar-refractivity contribution in [1.29, 1.82) is 0 Å². The van der Waals surface area contributed by atoms with E-state index in [-0.39, 0.29) is 12.0 Å². The number of likely N-dealkylation sites (tertiary alicyclic amines) is 1. The van der Waals surface area contributed by atoms with Crippen molar-refractivity contribution in [2.75, 3.05) is 26.2 Å². The molecule has 1 unspecified atom stereocenters. The van der Waals surface area contributed by atoms with Crippen LogP contribution < -0.4 is 11.1 Å². The van der Waals surface area contributed by atoms with Crippen LogP contribution in [-0.2, 0) is 0 Å². The Balaban J connectivity index is 2.34. The summed E-state index contributed by atoms with van der Waals surface area (Å²) in [7, 11) is 0. The molecule has 1 saturated heterocycles. The lowest BCUT2D eigenvalue weighted by Crippen LogP contribution is -2.42. The molecule has 0 radical (unpaired) electrons. The van der Waals surface area contributed by atoms with Gasteiger partial charge in [-0.1, -0.05) is 12.2 Å². The molecule has 1 aliphatic heterocycles. The first-order valence-electron chi connectivity index (χ1n) is 5.76. The van der Waals surface area contributed by atoms with Gasteiger partial charge in [-0.2, -0.15) is 13.2 Å². The maximum absolute atomic E-state index is 12.2. The van der Waals surface area contributed by atoms with Gasteiger partial charge in [0.2, 0.25) is 0 Å². The van der Waals surface area contributed by atoms with Gasteiger partial charge in [0.05, 0.1) is 13.1 Å². The normalized spacial score (nSPS) is 22.2. The first-order valence-corrected chi connectivity index (χ1v) is 5.76. The van der Waals surface area contributed by atoms with E-state index in [1.165, 1.54) is 4.90 Å². The van der Waals surface area contributed by atoms with Gasteiger partial charge >= 0.3 is 6.18 Å². The number of nitrogens with one attached hydrogen (secondary N) is 1. The SMILES string of the molecule is C=C(C)CN=C(N)NC1CCN(CC(F)(F)F)C1. The summed E-state index contributed by atoms with van der Waals surface area (Å²) in [4.78, 5) is 5.39. The summed E-state index contributed by atoms with van der Waals surface area (Å²) < 4.78 is 36.6. The monoisotopic (exact) mass is 264 g/mol. The molecule has 1 heterocycles. The fourth-order valence-electron chi connectivity index (χ4n) is 1.82. The molecule has 7 heteroatoms. The molecule has 0 bridgehead atoms. The highest BCUT2D eigenvalue weighted by molar-refractivity contribution is 5.78. The number of nitrogens with zero attached hydrogens (tertiary/aromatic N) is 2. The summed E-state index contributed by atoms with van der Waals surface area (Å²) in [5, 5.41) is 2.93. The highest BCUT2D eigenvalue weighted by atomic mass is 19.4. The molecule has 0 aromatic heterocycles. The van der Waals surface area contributed by atoms with E-state index in [2.05, 4.69) is 16.9 Å². The summed E-state index contributed by atoms with van der Waals surface area (Å²) in [5.41, 5.74) is 6.51. The van der Waals surface area contributed by atoms with E-state index in [1.807, 2.05) is 6.92 Å².